The molecule has 0 N–H and O–H groups in total. The Balaban J connectivity index is 2.60. The summed E-state index contributed by atoms with van der Waals surface area (Å²) in [5.41, 5.74) is -0.287. The molecular weight excluding hydrogens is 360 g/mol. The summed E-state index contributed by atoms with van der Waals surface area (Å²) in [6.45, 7) is 3.41. The average molecular weight is 371 g/mol. The summed E-state index contributed by atoms with van der Waals surface area (Å²) in [6, 6.07) is 1.58. The Morgan fingerprint density at radius 3 is 2.27 bits per heavy atom. The van der Waals surface area contributed by atoms with Crippen molar-refractivity contribution < 1.29 is 17.4 Å². The third-order valence-electron chi connectivity index (χ3n) is 3.03. The Hall–Kier alpha value is -1.05. The summed E-state index contributed by atoms with van der Waals surface area (Å²) in [7, 11) is -1.24. The molecule has 0 spiro atoms. The van der Waals surface area contributed by atoms with Gasteiger partial charge in [0.1, 0.15) is 5.69 Å². The molecule has 2 rings (SSSR count). The van der Waals surface area contributed by atoms with Gasteiger partial charge in [0.2, 0.25) is 0 Å². The van der Waals surface area contributed by atoms with Crippen LogP contribution in [0, 0.1) is 6.92 Å². The van der Waals surface area contributed by atoms with Crippen LogP contribution in [0.15, 0.2) is 23.2 Å². The maximum atomic E-state index is 12.7. The zero-order chi connectivity index (χ0) is 16.7. The first-order valence-corrected chi connectivity index (χ1v) is 8.24. The normalized spacial score (nSPS) is 13.4. The minimum absolute atomic E-state index is 0.133. The van der Waals surface area contributed by atoms with Gasteiger partial charge < -0.3 is 0 Å². The molecule has 0 bridgehead atoms. The van der Waals surface area contributed by atoms with E-state index in [0.29, 0.717) is 16.3 Å². The molecule has 0 amide bonds. The van der Waals surface area contributed by atoms with Gasteiger partial charge in [0.05, 0.1) is 43.2 Å². The second kappa shape index (κ2) is 6.22. The smallest absolute Gasteiger partial charge is 0.254 e. The van der Waals surface area contributed by atoms with E-state index in [4.69, 9.17) is 23.2 Å². The molecule has 0 aliphatic heterocycles. The Bertz CT molecular complexity index is 720. The van der Waals surface area contributed by atoms with Gasteiger partial charge in [-0.25, -0.2) is 4.68 Å². The van der Waals surface area contributed by atoms with Crippen LogP contribution in [0.25, 0.3) is 5.69 Å². The van der Waals surface area contributed by atoms with Crippen molar-refractivity contribution in [1.82, 2.24) is 9.78 Å². The molecule has 22 heavy (non-hydrogen) atoms. The van der Waals surface area contributed by atoms with Crippen LogP contribution in [0.2, 0.25) is 10.0 Å². The molecule has 0 saturated heterocycles. The highest BCUT2D eigenvalue weighted by molar-refractivity contribution is 7.85. The number of hydrogen-bond donors (Lipinski definition) is 0. The van der Waals surface area contributed by atoms with Crippen molar-refractivity contribution in [2.75, 3.05) is 5.75 Å². The number of alkyl halides is 3. The molecule has 2 aromatic rings. The van der Waals surface area contributed by atoms with E-state index in [-0.39, 0.29) is 15.7 Å². The lowest BCUT2D eigenvalue weighted by Gasteiger charge is -2.13. The predicted octanol–water partition coefficient (Wildman–Crippen LogP) is 4.63. The van der Waals surface area contributed by atoms with Crippen molar-refractivity contribution in [3.8, 4) is 5.69 Å². The lowest BCUT2D eigenvalue weighted by molar-refractivity contribution is -0.137. The molecule has 9 heteroatoms. The molecule has 0 fully saturated rings. The van der Waals surface area contributed by atoms with Gasteiger partial charge >= 0.3 is 6.18 Å². The van der Waals surface area contributed by atoms with Crippen molar-refractivity contribution >= 4 is 34.0 Å². The Kier molecular flexibility index (Phi) is 4.89. The summed E-state index contributed by atoms with van der Waals surface area (Å²) in [6.07, 6.45) is -3.14. The third kappa shape index (κ3) is 3.16. The van der Waals surface area contributed by atoms with Crippen LogP contribution in [0.4, 0.5) is 13.2 Å². The highest BCUT2D eigenvalue weighted by Gasteiger charge is 2.32. The molecule has 1 heterocycles. The van der Waals surface area contributed by atoms with Crippen LogP contribution in [0.3, 0.4) is 0 Å². The first-order valence-electron chi connectivity index (χ1n) is 6.16. The van der Waals surface area contributed by atoms with Gasteiger partial charge in [-0.2, -0.15) is 18.3 Å². The fourth-order valence-corrected chi connectivity index (χ4v) is 3.47. The lowest BCUT2D eigenvalue weighted by Crippen LogP contribution is -2.08. The van der Waals surface area contributed by atoms with Crippen molar-refractivity contribution in [3.05, 3.63) is 39.6 Å². The molecule has 1 aromatic carbocycles. The fourth-order valence-electron chi connectivity index (χ4n) is 1.93. The monoisotopic (exact) mass is 370 g/mol. The quantitative estimate of drug-likeness (QED) is 0.788. The Labute approximate surface area is 137 Å². The zero-order valence-corrected chi connectivity index (χ0v) is 13.9. The largest absolute Gasteiger partial charge is 0.416 e. The number of benzene rings is 1. The molecule has 0 radical (unpaired) electrons. The Morgan fingerprint density at radius 1 is 1.27 bits per heavy atom. The first kappa shape index (κ1) is 17.3. The van der Waals surface area contributed by atoms with Crippen LogP contribution in [0.5, 0.6) is 0 Å². The number of aromatic nitrogens is 2. The molecule has 0 saturated carbocycles. The van der Waals surface area contributed by atoms with Gasteiger partial charge in [0, 0.05) is 5.75 Å². The highest BCUT2D eigenvalue weighted by atomic mass is 35.5. The average Bonchev–Trinajstić information content (AvgIpc) is 2.78. The predicted molar refractivity (Wildman–Crippen MR) is 80.3 cm³/mol. The van der Waals surface area contributed by atoms with Crippen molar-refractivity contribution in [1.29, 1.82) is 0 Å². The topological polar surface area (TPSA) is 34.9 Å². The summed E-state index contributed by atoms with van der Waals surface area (Å²) in [5, 5.41) is 3.68. The summed E-state index contributed by atoms with van der Waals surface area (Å²) in [4.78, 5) is 0.495. The van der Waals surface area contributed by atoms with E-state index >= 15 is 0 Å². The molecular formula is C13H11Cl2F3N2OS. The molecule has 120 valence electrons. The standard InChI is InChI=1S/C13H11Cl2F3N2OS/c1-3-22(21)11-6-19-20(7(11)2)12-9(14)4-8(5-10(12)15)13(16,17)18/h4-6H,3H2,1-2H3. The van der Waals surface area contributed by atoms with Gasteiger partial charge in [-0.05, 0) is 19.1 Å². The van der Waals surface area contributed by atoms with Gasteiger partial charge in [0.25, 0.3) is 0 Å². The van der Waals surface area contributed by atoms with E-state index in [9.17, 15) is 17.4 Å². The molecule has 1 unspecified atom stereocenters. The van der Waals surface area contributed by atoms with E-state index in [0.717, 1.165) is 12.1 Å². The van der Waals surface area contributed by atoms with Crippen molar-refractivity contribution in [3.63, 3.8) is 0 Å². The van der Waals surface area contributed by atoms with Gasteiger partial charge in [-0.15, -0.1) is 0 Å². The van der Waals surface area contributed by atoms with Gasteiger partial charge in [0.15, 0.2) is 0 Å². The van der Waals surface area contributed by atoms with Crippen molar-refractivity contribution in [2.24, 2.45) is 0 Å². The minimum Gasteiger partial charge on any atom is -0.254 e. The maximum Gasteiger partial charge on any atom is 0.416 e. The minimum atomic E-state index is -4.54. The van der Waals surface area contributed by atoms with E-state index in [1.165, 1.54) is 10.9 Å². The summed E-state index contributed by atoms with van der Waals surface area (Å²) < 4.78 is 51.4. The van der Waals surface area contributed by atoms with Crippen molar-refractivity contribution in [2.45, 2.75) is 24.9 Å². The van der Waals surface area contributed by atoms with Gasteiger partial charge in [-0.3, -0.25) is 4.21 Å². The van der Waals surface area contributed by atoms with Crippen LogP contribution in [-0.2, 0) is 17.0 Å². The van der Waals surface area contributed by atoms with E-state index in [2.05, 4.69) is 5.10 Å². The summed E-state index contributed by atoms with van der Waals surface area (Å²) >= 11 is 11.9. The molecule has 0 aliphatic rings. The number of rotatable bonds is 3. The molecule has 3 nitrogen and oxygen atoms in total. The molecule has 1 aromatic heterocycles. The maximum absolute atomic E-state index is 12.7. The second-order valence-electron chi connectivity index (χ2n) is 4.43. The van der Waals surface area contributed by atoms with E-state index in [1.807, 2.05) is 0 Å². The van der Waals surface area contributed by atoms with Crippen LogP contribution < -0.4 is 0 Å². The number of hydrogen-bond acceptors (Lipinski definition) is 2. The fraction of sp³-hybridized carbons (Fsp3) is 0.308. The van der Waals surface area contributed by atoms with Crippen LogP contribution in [0.1, 0.15) is 18.2 Å². The third-order valence-corrected chi connectivity index (χ3v) is 5.02. The lowest BCUT2D eigenvalue weighted by atomic mass is 10.2. The second-order valence-corrected chi connectivity index (χ2v) is 6.95. The Morgan fingerprint density at radius 2 is 1.82 bits per heavy atom. The first-order chi connectivity index (χ1) is 10.2. The summed E-state index contributed by atoms with van der Waals surface area (Å²) in [5.74, 6) is 0.404. The highest BCUT2D eigenvalue weighted by Crippen LogP contribution is 2.38. The van der Waals surface area contributed by atoms with Crippen LogP contribution >= 0.6 is 23.2 Å². The zero-order valence-electron chi connectivity index (χ0n) is 11.5. The number of halogens is 5. The van der Waals surface area contributed by atoms with E-state index < -0.39 is 22.5 Å². The van der Waals surface area contributed by atoms with E-state index in [1.54, 1.807) is 13.8 Å². The number of nitrogens with zero attached hydrogens (tertiary/aromatic N) is 2. The molecule has 1 atom stereocenters. The van der Waals surface area contributed by atoms with Crippen LogP contribution in [-0.4, -0.2) is 19.7 Å². The molecule has 0 aliphatic carbocycles. The SMILES string of the molecule is CCS(=O)c1cnn(-c2c(Cl)cc(C(F)(F)F)cc2Cl)c1C. The van der Waals surface area contributed by atoms with Gasteiger partial charge in [-0.1, -0.05) is 30.1 Å².